The van der Waals surface area contributed by atoms with Gasteiger partial charge in [-0.2, -0.15) is 0 Å². The molecule has 0 unspecified atom stereocenters. The molecule has 2 fully saturated rings. The van der Waals surface area contributed by atoms with Crippen LogP contribution in [0.5, 0.6) is 5.75 Å². The second kappa shape index (κ2) is 10.7. The van der Waals surface area contributed by atoms with Crippen molar-refractivity contribution in [2.45, 2.75) is 58.1 Å². The number of aromatic amines is 1. The SMILES string of the molecule is CC1(C)OCC(Cn2c(=O)[nH]/c(=N\c3ccc(OC4CCC4)cc3)n(Cc3ccc(Cl)cc3)c2=O)CO1. The van der Waals surface area contributed by atoms with Gasteiger partial charge in [-0.25, -0.2) is 19.1 Å². The van der Waals surface area contributed by atoms with Crippen LogP contribution in [0.1, 0.15) is 38.7 Å². The number of halogens is 1. The van der Waals surface area contributed by atoms with Crippen LogP contribution in [-0.4, -0.2) is 39.2 Å². The summed E-state index contributed by atoms with van der Waals surface area (Å²) in [5.41, 5.74) is 0.594. The van der Waals surface area contributed by atoms with E-state index in [9.17, 15) is 9.59 Å². The van der Waals surface area contributed by atoms with Gasteiger partial charge in [0.15, 0.2) is 5.79 Å². The fraction of sp³-hybridized carbons (Fsp3) is 0.444. The van der Waals surface area contributed by atoms with Crippen molar-refractivity contribution in [3.05, 3.63) is 85.7 Å². The summed E-state index contributed by atoms with van der Waals surface area (Å²) < 4.78 is 20.0. The third-order valence-electron chi connectivity index (χ3n) is 6.64. The first-order chi connectivity index (χ1) is 17.8. The van der Waals surface area contributed by atoms with Crippen molar-refractivity contribution in [2.75, 3.05) is 13.2 Å². The van der Waals surface area contributed by atoms with Gasteiger partial charge in [0.1, 0.15) is 5.75 Å². The van der Waals surface area contributed by atoms with Crippen molar-refractivity contribution in [1.29, 1.82) is 0 Å². The Bertz CT molecular complexity index is 1410. The van der Waals surface area contributed by atoms with E-state index < -0.39 is 17.2 Å². The number of rotatable bonds is 7. The van der Waals surface area contributed by atoms with Gasteiger partial charge in [-0.15, -0.1) is 0 Å². The molecule has 1 N–H and O–H groups in total. The Morgan fingerprint density at radius 1 is 1.03 bits per heavy atom. The van der Waals surface area contributed by atoms with Crippen LogP contribution in [0, 0.1) is 5.92 Å². The van der Waals surface area contributed by atoms with E-state index in [1.165, 1.54) is 15.6 Å². The van der Waals surface area contributed by atoms with Gasteiger partial charge >= 0.3 is 11.4 Å². The molecular weight excluding hydrogens is 496 g/mol. The largest absolute Gasteiger partial charge is 0.490 e. The molecule has 0 spiro atoms. The molecule has 37 heavy (non-hydrogen) atoms. The Balaban J connectivity index is 1.49. The highest BCUT2D eigenvalue weighted by Gasteiger charge is 2.29. The van der Waals surface area contributed by atoms with E-state index in [-0.39, 0.29) is 30.7 Å². The number of nitrogens with zero attached hydrogens (tertiary/aromatic N) is 3. The molecule has 196 valence electrons. The highest BCUT2D eigenvalue weighted by atomic mass is 35.5. The average Bonchev–Trinajstić information content (AvgIpc) is 2.84. The number of nitrogens with one attached hydrogen (secondary N) is 1. The predicted octanol–water partition coefficient (Wildman–Crippen LogP) is 3.60. The molecule has 0 bridgehead atoms. The third kappa shape index (κ3) is 6.23. The maximum atomic E-state index is 13.6. The van der Waals surface area contributed by atoms with Crippen molar-refractivity contribution in [1.82, 2.24) is 14.1 Å². The number of hydrogen-bond donors (Lipinski definition) is 1. The summed E-state index contributed by atoms with van der Waals surface area (Å²) in [4.78, 5) is 34.0. The van der Waals surface area contributed by atoms with Gasteiger partial charge in [0.2, 0.25) is 5.62 Å². The lowest BCUT2D eigenvalue weighted by Crippen LogP contribution is -2.52. The zero-order valence-corrected chi connectivity index (χ0v) is 21.7. The minimum absolute atomic E-state index is 0.137. The van der Waals surface area contributed by atoms with Crippen LogP contribution in [0.3, 0.4) is 0 Å². The Labute approximate surface area is 219 Å². The third-order valence-corrected chi connectivity index (χ3v) is 6.89. The van der Waals surface area contributed by atoms with E-state index >= 15 is 0 Å². The van der Waals surface area contributed by atoms with Crippen LogP contribution < -0.4 is 21.7 Å². The maximum absolute atomic E-state index is 13.6. The Hall–Kier alpha value is -3.14. The minimum atomic E-state index is -0.677. The second-order valence-electron chi connectivity index (χ2n) is 10.0. The lowest BCUT2D eigenvalue weighted by atomic mass is 9.96. The first-order valence-corrected chi connectivity index (χ1v) is 12.9. The average molecular weight is 527 g/mol. The van der Waals surface area contributed by atoms with E-state index in [0.29, 0.717) is 23.9 Å². The molecule has 9 nitrogen and oxygen atoms in total. The first-order valence-electron chi connectivity index (χ1n) is 12.5. The molecule has 2 heterocycles. The summed E-state index contributed by atoms with van der Waals surface area (Å²) >= 11 is 6.04. The summed E-state index contributed by atoms with van der Waals surface area (Å²) in [5.74, 6) is -0.0349. The van der Waals surface area contributed by atoms with E-state index in [0.717, 1.165) is 24.2 Å². The van der Waals surface area contributed by atoms with E-state index in [4.69, 9.17) is 25.8 Å². The molecule has 1 aliphatic carbocycles. The highest BCUT2D eigenvalue weighted by Crippen LogP contribution is 2.26. The molecule has 1 saturated heterocycles. The van der Waals surface area contributed by atoms with Crippen molar-refractivity contribution in [2.24, 2.45) is 10.9 Å². The quantitative estimate of drug-likeness (QED) is 0.507. The van der Waals surface area contributed by atoms with E-state index in [1.54, 1.807) is 12.1 Å². The molecule has 1 saturated carbocycles. The first kappa shape index (κ1) is 25.5. The van der Waals surface area contributed by atoms with Gasteiger partial charge < -0.3 is 14.2 Å². The Morgan fingerprint density at radius 3 is 2.32 bits per heavy atom. The smallest absolute Gasteiger partial charge is 0.335 e. The normalized spacial score (nSPS) is 18.5. The van der Waals surface area contributed by atoms with Crippen molar-refractivity contribution < 1.29 is 14.2 Å². The van der Waals surface area contributed by atoms with E-state index in [1.807, 2.05) is 50.2 Å². The molecule has 0 radical (unpaired) electrons. The highest BCUT2D eigenvalue weighted by molar-refractivity contribution is 6.30. The van der Waals surface area contributed by atoms with Gasteiger partial charge in [0.25, 0.3) is 0 Å². The number of benzene rings is 2. The topological polar surface area (TPSA) is 99.8 Å². The standard InChI is InChI=1S/C27H31ClN4O5/c1-27(2)35-16-19(17-36-27)15-32-25(33)30-24(31(26(32)34)14-18-6-8-20(28)9-7-18)29-21-10-12-23(13-11-21)37-22-4-3-5-22/h6-13,19,22H,3-5,14-17H2,1-2H3,(H,29,30,33). The molecule has 0 atom stereocenters. The minimum Gasteiger partial charge on any atom is -0.490 e. The molecule has 2 aliphatic rings. The lowest BCUT2D eigenvalue weighted by molar-refractivity contribution is -0.263. The molecule has 2 aromatic carbocycles. The zero-order chi connectivity index (χ0) is 26.0. The number of ether oxygens (including phenoxy) is 3. The van der Waals surface area contributed by atoms with Gasteiger partial charge in [-0.05, 0) is 75.1 Å². The molecular formula is C27H31ClN4O5. The Morgan fingerprint density at radius 2 is 1.70 bits per heavy atom. The second-order valence-corrected chi connectivity index (χ2v) is 10.5. The van der Waals surface area contributed by atoms with Gasteiger partial charge in [0, 0.05) is 17.5 Å². The van der Waals surface area contributed by atoms with Crippen molar-refractivity contribution in [3.8, 4) is 5.75 Å². The number of aromatic nitrogens is 3. The van der Waals surface area contributed by atoms with Crippen LogP contribution in [-0.2, 0) is 22.6 Å². The molecule has 0 amide bonds. The number of hydrogen-bond acceptors (Lipinski definition) is 6. The van der Waals surface area contributed by atoms with Gasteiger partial charge in [-0.1, -0.05) is 23.7 Å². The predicted molar refractivity (Wildman–Crippen MR) is 139 cm³/mol. The summed E-state index contributed by atoms with van der Waals surface area (Å²) in [6.45, 7) is 4.82. The van der Waals surface area contributed by atoms with E-state index in [2.05, 4.69) is 9.98 Å². The monoisotopic (exact) mass is 526 g/mol. The molecule has 1 aromatic heterocycles. The lowest BCUT2D eigenvalue weighted by Gasteiger charge is -2.34. The van der Waals surface area contributed by atoms with Gasteiger partial charge in [0.05, 0.1) is 31.5 Å². The molecule has 3 aromatic rings. The Kier molecular flexibility index (Phi) is 7.37. The fourth-order valence-electron chi connectivity index (χ4n) is 4.21. The summed E-state index contributed by atoms with van der Waals surface area (Å²) in [7, 11) is 0. The van der Waals surface area contributed by atoms with Crippen LogP contribution in [0.25, 0.3) is 0 Å². The van der Waals surface area contributed by atoms with Crippen LogP contribution in [0.4, 0.5) is 5.69 Å². The number of H-pyrrole nitrogens is 1. The zero-order valence-electron chi connectivity index (χ0n) is 21.0. The summed E-state index contributed by atoms with van der Waals surface area (Å²) in [6.07, 6.45) is 3.62. The maximum Gasteiger partial charge on any atom is 0.335 e. The molecule has 5 rings (SSSR count). The van der Waals surface area contributed by atoms with Crippen LogP contribution in [0.2, 0.25) is 5.02 Å². The van der Waals surface area contributed by atoms with Crippen molar-refractivity contribution >= 4 is 17.3 Å². The van der Waals surface area contributed by atoms with Crippen molar-refractivity contribution in [3.63, 3.8) is 0 Å². The fourth-order valence-corrected chi connectivity index (χ4v) is 4.34. The molecule has 1 aliphatic heterocycles. The summed E-state index contributed by atoms with van der Waals surface area (Å²) in [5, 5.41) is 0.599. The molecule has 10 heteroatoms. The summed E-state index contributed by atoms with van der Waals surface area (Å²) in [6, 6.07) is 14.5. The van der Waals surface area contributed by atoms with Gasteiger partial charge in [-0.3, -0.25) is 9.55 Å². The van der Waals surface area contributed by atoms with Crippen LogP contribution >= 0.6 is 11.6 Å². The van der Waals surface area contributed by atoms with Crippen LogP contribution in [0.15, 0.2) is 63.1 Å².